The summed E-state index contributed by atoms with van der Waals surface area (Å²) in [4.78, 5) is 15.6. The van der Waals surface area contributed by atoms with Crippen LogP contribution in [0.1, 0.15) is 43.6 Å². The van der Waals surface area contributed by atoms with Gasteiger partial charge in [0.15, 0.2) is 0 Å². The monoisotopic (exact) mass is 236 g/mol. The van der Waals surface area contributed by atoms with Crippen LogP contribution in [0.3, 0.4) is 0 Å². The van der Waals surface area contributed by atoms with Crippen LogP contribution in [0.5, 0.6) is 0 Å². The third-order valence-electron chi connectivity index (χ3n) is 4.04. The van der Waals surface area contributed by atoms with Gasteiger partial charge in [-0.05, 0) is 39.0 Å². The molecule has 0 amide bonds. The van der Waals surface area contributed by atoms with E-state index < -0.39 is 5.97 Å². The lowest BCUT2D eigenvalue weighted by Crippen LogP contribution is -2.32. The molecule has 0 spiro atoms. The van der Waals surface area contributed by atoms with Gasteiger partial charge in [-0.2, -0.15) is 0 Å². The Morgan fingerprint density at radius 1 is 1.47 bits per heavy atom. The van der Waals surface area contributed by atoms with Crippen molar-refractivity contribution in [1.82, 2.24) is 9.55 Å². The van der Waals surface area contributed by atoms with E-state index >= 15 is 0 Å². The number of imidazole rings is 1. The zero-order valence-corrected chi connectivity index (χ0v) is 10.7. The average molecular weight is 236 g/mol. The van der Waals surface area contributed by atoms with Crippen molar-refractivity contribution in [3.63, 3.8) is 0 Å². The number of aliphatic carboxylic acids is 1. The van der Waals surface area contributed by atoms with Crippen LogP contribution >= 0.6 is 0 Å². The lowest BCUT2D eigenvalue weighted by atomic mass is 9.79. The Morgan fingerprint density at radius 3 is 2.71 bits per heavy atom. The predicted molar refractivity (Wildman–Crippen MR) is 64.9 cm³/mol. The third-order valence-corrected chi connectivity index (χ3v) is 4.04. The number of hydrogen-bond acceptors (Lipinski definition) is 2. The molecule has 0 aliphatic heterocycles. The molecule has 4 nitrogen and oxygen atoms in total. The lowest BCUT2D eigenvalue weighted by Gasteiger charge is -2.33. The first kappa shape index (κ1) is 12.1. The number of carboxylic acid groups (broad SMARTS) is 1. The number of nitrogens with zero attached hydrogens (tertiary/aromatic N) is 2. The van der Waals surface area contributed by atoms with Crippen molar-refractivity contribution in [1.29, 1.82) is 0 Å². The molecule has 1 aromatic heterocycles. The summed E-state index contributed by atoms with van der Waals surface area (Å²) in [5.74, 6) is -0.344. The van der Waals surface area contributed by atoms with Gasteiger partial charge in [-0.15, -0.1) is 0 Å². The van der Waals surface area contributed by atoms with Crippen LogP contribution in [-0.4, -0.2) is 20.6 Å². The van der Waals surface area contributed by atoms with Crippen molar-refractivity contribution in [3.8, 4) is 0 Å². The van der Waals surface area contributed by atoms with Crippen LogP contribution in [0, 0.1) is 25.7 Å². The molecule has 2 rings (SSSR count). The molecule has 1 N–H and O–H groups in total. The van der Waals surface area contributed by atoms with E-state index in [0.717, 1.165) is 30.7 Å². The first-order chi connectivity index (χ1) is 8.00. The summed E-state index contributed by atoms with van der Waals surface area (Å²) in [7, 11) is 0. The normalized spacial score (nSPS) is 29.2. The van der Waals surface area contributed by atoms with Crippen molar-refractivity contribution in [3.05, 3.63) is 17.7 Å². The highest BCUT2D eigenvalue weighted by molar-refractivity contribution is 5.70. The van der Waals surface area contributed by atoms with Gasteiger partial charge in [0.25, 0.3) is 0 Å². The molecule has 0 bridgehead atoms. The van der Waals surface area contributed by atoms with Crippen molar-refractivity contribution in [2.45, 2.75) is 46.1 Å². The molecular weight excluding hydrogens is 216 g/mol. The van der Waals surface area contributed by atoms with Gasteiger partial charge in [0.2, 0.25) is 0 Å². The molecule has 1 saturated carbocycles. The molecule has 94 valence electrons. The summed E-state index contributed by atoms with van der Waals surface area (Å²) in [5, 5.41) is 9.32. The lowest BCUT2D eigenvalue weighted by molar-refractivity contribution is -0.144. The number of carbonyl (C=O) groups is 1. The quantitative estimate of drug-likeness (QED) is 0.858. The number of aryl methyl sites for hydroxylation is 1. The second-order valence-corrected chi connectivity index (χ2v) is 5.25. The summed E-state index contributed by atoms with van der Waals surface area (Å²) >= 11 is 0. The molecule has 1 aliphatic carbocycles. The third kappa shape index (κ3) is 2.21. The molecule has 0 aromatic carbocycles. The highest BCUT2D eigenvalue weighted by atomic mass is 16.4. The van der Waals surface area contributed by atoms with Gasteiger partial charge < -0.3 is 9.67 Å². The van der Waals surface area contributed by atoms with E-state index in [-0.39, 0.29) is 12.0 Å². The molecule has 0 radical (unpaired) electrons. The number of rotatable bonds is 2. The van der Waals surface area contributed by atoms with Crippen LogP contribution in [0.15, 0.2) is 6.33 Å². The fourth-order valence-corrected chi connectivity index (χ4v) is 2.80. The van der Waals surface area contributed by atoms with E-state index in [9.17, 15) is 9.90 Å². The Kier molecular flexibility index (Phi) is 3.22. The SMILES string of the molecule is Cc1ncn(C2CC(C)CCC2C(=O)O)c1C. The maximum absolute atomic E-state index is 11.3. The highest BCUT2D eigenvalue weighted by Crippen LogP contribution is 2.38. The zero-order chi connectivity index (χ0) is 12.6. The Labute approximate surface area is 102 Å². The minimum absolute atomic E-state index is 0.0671. The molecule has 0 saturated heterocycles. The maximum atomic E-state index is 11.3. The molecule has 4 heteroatoms. The first-order valence-corrected chi connectivity index (χ1v) is 6.23. The molecular formula is C13H20N2O2. The van der Waals surface area contributed by atoms with Gasteiger partial charge in [-0.25, -0.2) is 4.98 Å². The van der Waals surface area contributed by atoms with Gasteiger partial charge in [0.05, 0.1) is 17.9 Å². The van der Waals surface area contributed by atoms with Crippen LogP contribution in [0.2, 0.25) is 0 Å². The second-order valence-electron chi connectivity index (χ2n) is 5.25. The number of aromatic nitrogens is 2. The highest BCUT2D eigenvalue weighted by Gasteiger charge is 2.35. The molecule has 3 atom stereocenters. The number of carboxylic acids is 1. The van der Waals surface area contributed by atoms with Gasteiger partial charge >= 0.3 is 5.97 Å². The molecule has 17 heavy (non-hydrogen) atoms. The van der Waals surface area contributed by atoms with E-state index in [2.05, 4.69) is 16.5 Å². The Balaban J connectivity index is 2.32. The summed E-state index contributed by atoms with van der Waals surface area (Å²) in [6.07, 6.45) is 4.52. The zero-order valence-electron chi connectivity index (χ0n) is 10.7. The maximum Gasteiger partial charge on any atom is 0.308 e. The summed E-state index contributed by atoms with van der Waals surface area (Å²) in [6.45, 7) is 6.18. The fraction of sp³-hybridized carbons (Fsp3) is 0.692. The minimum atomic E-state index is -0.673. The Bertz CT molecular complexity index is 425. The Morgan fingerprint density at radius 2 is 2.18 bits per heavy atom. The van der Waals surface area contributed by atoms with Crippen LogP contribution in [-0.2, 0) is 4.79 Å². The summed E-state index contributed by atoms with van der Waals surface area (Å²) in [5.41, 5.74) is 2.09. The van der Waals surface area contributed by atoms with Gasteiger partial charge in [0, 0.05) is 11.7 Å². The van der Waals surface area contributed by atoms with Crippen molar-refractivity contribution >= 4 is 5.97 Å². The minimum Gasteiger partial charge on any atom is -0.481 e. The van der Waals surface area contributed by atoms with Crippen molar-refractivity contribution < 1.29 is 9.90 Å². The van der Waals surface area contributed by atoms with Crippen LogP contribution in [0.4, 0.5) is 0 Å². The van der Waals surface area contributed by atoms with E-state index in [1.54, 1.807) is 6.33 Å². The van der Waals surface area contributed by atoms with Gasteiger partial charge in [0.1, 0.15) is 0 Å². The largest absolute Gasteiger partial charge is 0.481 e. The second kappa shape index (κ2) is 4.51. The van der Waals surface area contributed by atoms with Crippen LogP contribution < -0.4 is 0 Å². The van der Waals surface area contributed by atoms with Crippen molar-refractivity contribution in [2.75, 3.05) is 0 Å². The van der Waals surface area contributed by atoms with E-state index in [0.29, 0.717) is 5.92 Å². The Hall–Kier alpha value is -1.32. The van der Waals surface area contributed by atoms with Gasteiger partial charge in [-0.3, -0.25) is 4.79 Å². The predicted octanol–water partition coefficient (Wildman–Crippen LogP) is 2.56. The average Bonchev–Trinajstić information content (AvgIpc) is 2.59. The molecule has 1 heterocycles. The first-order valence-electron chi connectivity index (χ1n) is 6.23. The summed E-state index contributed by atoms with van der Waals surface area (Å²) < 4.78 is 2.06. The van der Waals surface area contributed by atoms with Gasteiger partial charge in [-0.1, -0.05) is 6.92 Å². The molecule has 1 aromatic rings. The molecule has 1 fully saturated rings. The van der Waals surface area contributed by atoms with Crippen LogP contribution in [0.25, 0.3) is 0 Å². The number of hydrogen-bond donors (Lipinski definition) is 1. The summed E-state index contributed by atoms with van der Waals surface area (Å²) in [6, 6.07) is 0.0671. The molecule has 1 aliphatic rings. The molecule has 3 unspecified atom stereocenters. The standard InChI is InChI=1S/C13H20N2O2/c1-8-4-5-11(13(16)17)12(6-8)15-7-14-9(2)10(15)3/h7-8,11-12H,4-6H2,1-3H3,(H,16,17). The van der Waals surface area contributed by atoms with Crippen molar-refractivity contribution in [2.24, 2.45) is 11.8 Å². The van der Waals surface area contributed by atoms with E-state index in [1.807, 2.05) is 13.8 Å². The topological polar surface area (TPSA) is 55.1 Å². The van der Waals surface area contributed by atoms with E-state index in [4.69, 9.17) is 0 Å². The van der Waals surface area contributed by atoms with E-state index in [1.165, 1.54) is 0 Å². The smallest absolute Gasteiger partial charge is 0.308 e. The fourth-order valence-electron chi connectivity index (χ4n) is 2.80.